The third-order valence-electron chi connectivity index (χ3n) is 3.92. The van der Waals surface area contributed by atoms with Crippen molar-refractivity contribution in [1.82, 2.24) is 9.97 Å². The molecule has 0 radical (unpaired) electrons. The highest BCUT2D eigenvalue weighted by atomic mass is 16.5. The maximum Gasteiger partial charge on any atom is 0.225 e. The van der Waals surface area contributed by atoms with Crippen LogP contribution in [0.25, 0.3) is 0 Å². The lowest BCUT2D eigenvalue weighted by atomic mass is 9.85. The molecule has 2 bridgehead atoms. The molecule has 0 spiro atoms. The molecule has 0 saturated carbocycles. The zero-order valence-corrected chi connectivity index (χ0v) is 10.6. The van der Waals surface area contributed by atoms with Crippen LogP contribution in [0.2, 0.25) is 0 Å². The molecule has 2 saturated heterocycles. The molecule has 1 N–H and O–H groups in total. The molecule has 3 heterocycles. The van der Waals surface area contributed by atoms with E-state index in [0.717, 1.165) is 31.0 Å². The van der Waals surface area contributed by atoms with E-state index in [9.17, 15) is 5.11 Å². The number of aryl methyl sites for hydroxylation is 1. The first-order valence-electron chi connectivity index (χ1n) is 6.59. The second-order valence-electron chi connectivity index (χ2n) is 5.20. The molecule has 2 atom stereocenters. The number of aliphatic hydroxyl groups is 1. The van der Waals surface area contributed by atoms with Gasteiger partial charge in [0, 0.05) is 37.3 Å². The van der Waals surface area contributed by atoms with Crippen LogP contribution in [0.4, 0.5) is 5.95 Å². The predicted molar refractivity (Wildman–Crippen MR) is 67.4 cm³/mol. The number of aliphatic hydroxyl groups excluding tert-OH is 1. The van der Waals surface area contributed by atoms with E-state index in [1.165, 1.54) is 0 Å². The van der Waals surface area contributed by atoms with Gasteiger partial charge in [0.15, 0.2) is 0 Å². The van der Waals surface area contributed by atoms with Gasteiger partial charge < -0.3 is 14.7 Å². The third-order valence-corrected chi connectivity index (χ3v) is 3.92. The number of ether oxygens (including phenoxy) is 1. The van der Waals surface area contributed by atoms with E-state index in [-0.39, 0.29) is 17.9 Å². The summed E-state index contributed by atoms with van der Waals surface area (Å²) in [6.45, 7) is 4.94. The van der Waals surface area contributed by atoms with Crippen LogP contribution in [0.5, 0.6) is 0 Å². The second kappa shape index (κ2) is 4.82. The molecule has 0 amide bonds. The van der Waals surface area contributed by atoms with Crippen LogP contribution in [0.3, 0.4) is 0 Å². The Hall–Kier alpha value is -1.20. The Kier molecular flexibility index (Phi) is 3.18. The largest absolute Gasteiger partial charge is 0.392 e. The van der Waals surface area contributed by atoms with Gasteiger partial charge in [0.2, 0.25) is 5.95 Å². The number of fused-ring (bicyclic) bond motifs is 2. The van der Waals surface area contributed by atoms with Gasteiger partial charge in [0.1, 0.15) is 0 Å². The number of piperidine rings is 1. The quantitative estimate of drug-likeness (QED) is 0.826. The number of nitrogens with zero attached hydrogens (tertiary/aromatic N) is 3. The van der Waals surface area contributed by atoms with Crippen LogP contribution in [-0.2, 0) is 11.2 Å². The molecule has 18 heavy (non-hydrogen) atoms. The third kappa shape index (κ3) is 2.08. The van der Waals surface area contributed by atoms with Crippen molar-refractivity contribution in [2.45, 2.75) is 19.4 Å². The second-order valence-corrected chi connectivity index (χ2v) is 5.20. The minimum absolute atomic E-state index is 0.187. The van der Waals surface area contributed by atoms with Crippen molar-refractivity contribution in [3.05, 3.63) is 18.0 Å². The highest BCUT2D eigenvalue weighted by Crippen LogP contribution is 2.29. The Morgan fingerprint density at radius 2 is 1.89 bits per heavy atom. The van der Waals surface area contributed by atoms with Crippen LogP contribution in [0.1, 0.15) is 12.5 Å². The maximum absolute atomic E-state index is 10.1. The summed E-state index contributed by atoms with van der Waals surface area (Å²) in [5.74, 6) is 1.15. The number of aromatic nitrogens is 2. The SMILES string of the molecule is CCc1cnc(N2CC3COCC(C2)C3O)nc1. The summed E-state index contributed by atoms with van der Waals surface area (Å²) < 4.78 is 5.50. The fourth-order valence-electron chi connectivity index (χ4n) is 2.77. The summed E-state index contributed by atoms with van der Waals surface area (Å²) in [7, 11) is 0. The fraction of sp³-hybridized carbons (Fsp3) is 0.692. The summed E-state index contributed by atoms with van der Waals surface area (Å²) in [5, 5.41) is 10.1. The molecule has 2 unspecified atom stereocenters. The van der Waals surface area contributed by atoms with E-state index < -0.39 is 0 Å². The standard InChI is InChI=1S/C13H19N3O2/c1-2-9-3-14-13(15-4-9)16-5-10-7-18-8-11(6-16)12(10)17/h3-4,10-12,17H,2,5-8H2,1H3. The summed E-state index contributed by atoms with van der Waals surface area (Å²) in [5.41, 5.74) is 1.15. The molecule has 2 fully saturated rings. The van der Waals surface area contributed by atoms with Gasteiger partial charge in [-0.2, -0.15) is 0 Å². The van der Waals surface area contributed by atoms with E-state index >= 15 is 0 Å². The topological polar surface area (TPSA) is 58.5 Å². The number of hydrogen-bond donors (Lipinski definition) is 1. The van der Waals surface area contributed by atoms with Crippen molar-refractivity contribution < 1.29 is 9.84 Å². The van der Waals surface area contributed by atoms with E-state index in [1.807, 2.05) is 12.4 Å². The van der Waals surface area contributed by atoms with E-state index in [0.29, 0.717) is 13.2 Å². The molecule has 5 heteroatoms. The number of rotatable bonds is 2. The van der Waals surface area contributed by atoms with Gasteiger partial charge >= 0.3 is 0 Å². The predicted octanol–water partition coefficient (Wildman–Crippen LogP) is 0.482. The molecular formula is C13H19N3O2. The Labute approximate surface area is 107 Å². The minimum Gasteiger partial charge on any atom is -0.392 e. The first-order valence-corrected chi connectivity index (χ1v) is 6.59. The van der Waals surface area contributed by atoms with E-state index in [2.05, 4.69) is 21.8 Å². The molecule has 1 aromatic rings. The Morgan fingerprint density at radius 3 is 2.44 bits per heavy atom. The molecule has 0 aliphatic carbocycles. The van der Waals surface area contributed by atoms with Gasteiger partial charge in [0.05, 0.1) is 19.3 Å². The Balaban J connectivity index is 1.76. The zero-order chi connectivity index (χ0) is 12.5. The molecular weight excluding hydrogens is 230 g/mol. The lowest BCUT2D eigenvalue weighted by molar-refractivity contribution is -0.0872. The summed E-state index contributed by atoms with van der Waals surface area (Å²) in [6.07, 6.45) is 4.50. The molecule has 2 aliphatic heterocycles. The van der Waals surface area contributed by atoms with Crippen molar-refractivity contribution in [2.75, 3.05) is 31.2 Å². The van der Waals surface area contributed by atoms with Crippen LogP contribution >= 0.6 is 0 Å². The number of hydrogen-bond acceptors (Lipinski definition) is 5. The molecule has 1 aromatic heterocycles. The monoisotopic (exact) mass is 249 g/mol. The van der Waals surface area contributed by atoms with Crippen molar-refractivity contribution in [1.29, 1.82) is 0 Å². The number of anilines is 1. The molecule has 0 aromatic carbocycles. The van der Waals surface area contributed by atoms with Gasteiger partial charge in [-0.25, -0.2) is 9.97 Å². The maximum atomic E-state index is 10.1. The Morgan fingerprint density at radius 1 is 1.28 bits per heavy atom. The van der Waals surface area contributed by atoms with Crippen molar-refractivity contribution in [2.24, 2.45) is 11.8 Å². The first-order chi connectivity index (χ1) is 8.78. The fourth-order valence-corrected chi connectivity index (χ4v) is 2.77. The minimum atomic E-state index is -0.232. The summed E-state index contributed by atoms with van der Waals surface area (Å²) in [4.78, 5) is 11.0. The van der Waals surface area contributed by atoms with Crippen molar-refractivity contribution in [3.63, 3.8) is 0 Å². The zero-order valence-electron chi connectivity index (χ0n) is 10.6. The van der Waals surface area contributed by atoms with Gasteiger partial charge in [-0.05, 0) is 12.0 Å². The van der Waals surface area contributed by atoms with Crippen LogP contribution in [0.15, 0.2) is 12.4 Å². The average Bonchev–Trinajstić information content (AvgIpc) is 2.38. The summed E-state index contributed by atoms with van der Waals surface area (Å²) in [6, 6.07) is 0. The smallest absolute Gasteiger partial charge is 0.225 e. The van der Waals surface area contributed by atoms with E-state index in [4.69, 9.17) is 4.74 Å². The molecule has 2 aliphatic rings. The summed E-state index contributed by atoms with van der Waals surface area (Å²) >= 11 is 0. The first kappa shape index (κ1) is 11.9. The highest BCUT2D eigenvalue weighted by molar-refractivity contribution is 5.32. The van der Waals surface area contributed by atoms with Gasteiger partial charge in [-0.15, -0.1) is 0 Å². The Bertz CT molecular complexity index is 395. The van der Waals surface area contributed by atoms with Crippen molar-refractivity contribution >= 4 is 5.95 Å². The molecule has 98 valence electrons. The van der Waals surface area contributed by atoms with Crippen molar-refractivity contribution in [3.8, 4) is 0 Å². The van der Waals surface area contributed by atoms with Gasteiger partial charge in [0.25, 0.3) is 0 Å². The normalized spacial score (nSPS) is 31.4. The molecule has 3 rings (SSSR count). The lowest BCUT2D eigenvalue weighted by Gasteiger charge is -2.44. The lowest BCUT2D eigenvalue weighted by Crippen LogP contribution is -2.55. The highest BCUT2D eigenvalue weighted by Gasteiger charge is 2.39. The van der Waals surface area contributed by atoms with Crippen LogP contribution in [0, 0.1) is 11.8 Å². The van der Waals surface area contributed by atoms with Crippen LogP contribution in [-0.4, -0.2) is 47.5 Å². The van der Waals surface area contributed by atoms with Gasteiger partial charge in [-0.1, -0.05) is 6.92 Å². The van der Waals surface area contributed by atoms with Crippen LogP contribution < -0.4 is 4.90 Å². The average molecular weight is 249 g/mol. The molecule has 5 nitrogen and oxygen atoms in total. The van der Waals surface area contributed by atoms with Gasteiger partial charge in [-0.3, -0.25) is 0 Å². The van der Waals surface area contributed by atoms with E-state index in [1.54, 1.807) is 0 Å².